The summed E-state index contributed by atoms with van der Waals surface area (Å²) < 4.78 is 12.2. The molecule has 0 radical (unpaired) electrons. The summed E-state index contributed by atoms with van der Waals surface area (Å²) in [6.07, 6.45) is 0. The molecule has 6 heteroatoms. The molecule has 0 unspecified atom stereocenters. The number of nitriles is 1. The van der Waals surface area contributed by atoms with Crippen molar-refractivity contribution in [2.45, 2.75) is 38.9 Å². The van der Waals surface area contributed by atoms with Gasteiger partial charge in [0.15, 0.2) is 0 Å². The number of piperazine rings is 1. The lowest BCUT2D eigenvalue weighted by molar-refractivity contribution is 0.00578. The molecule has 2 fully saturated rings. The fourth-order valence-electron chi connectivity index (χ4n) is 2.94. The summed E-state index contributed by atoms with van der Waals surface area (Å²) in [5.74, 6) is 0. The van der Waals surface area contributed by atoms with Crippen LogP contribution in [-0.4, -0.2) is 44.5 Å². The van der Waals surface area contributed by atoms with Crippen molar-refractivity contribution in [2.24, 2.45) is 0 Å². The molecule has 0 amide bonds. The van der Waals surface area contributed by atoms with Crippen molar-refractivity contribution < 1.29 is 9.31 Å². The maximum atomic E-state index is 9.57. The van der Waals surface area contributed by atoms with Gasteiger partial charge in [0.05, 0.1) is 22.8 Å². The van der Waals surface area contributed by atoms with Crippen molar-refractivity contribution in [3.05, 3.63) is 23.8 Å². The molecule has 0 bridgehead atoms. The van der Waals surface area contributed by atoms with Crippen LogP contribution in [0.3, 0.4) is 0 Å². The van der Waals surface area contributed by atoms with Crippen molar-refractivity contribution in [1.29, 1.82) is 5.26 Å². The molecule has 23 heavy (non-hydrogen) atoms. The Hall–Kier alpha value is -1.55. The van der Waals surface area contributed by atoms with E-state index in [2.05, 4.69) is 22.4 Å². The second kappa shape index (κ2) is 5.83. The second-order valence-electron chi connectivity index (χ2n) is 7.21. The Balaban J connectivity index is 1.88. The van der Waals surface area contributed by atoms with Gasteiger partial charge in [-0.15, -0.1) is 0 Å². The molecule has 2 heterocycles. The van der Waals surface area contributed by atoms with Crippen LogP contribution >= 0.6 is 0 Å². The van der Waals surface area contributed by atoms with Gasteiger partial charge in [0.25, 0.3) is 0 Å². The first-order valence-corrected chi connectivity index (χ1v) is 8.19. The summed E-state index contributed by atoms with van der Waals surface area (Å²) in [6.45, 7) is 12.0. The summed E-state index contributed by atoms with van der Waals surface area (Å²) >= 11 is 0. The fourth-order valence-corrected chi connectivity index (χ4v) is 2.94. The zero-order valence-corrected chi connectivity index (χ0v) is 14.3. The standard InChI is InChI=1S/C17H24BN3O2/c1-16(2)17(3,4)23-18(22-16)15-6-5-14(11-13(15)12-19)21-9-7-20-8-10-21/h5-6,11,20H,7-10H2,1-4H3. The number of hydrogen-bond acceptors (Lipinski definition) is 5. The lowest BCUT2D eigenvalue weighted by Crippen LogP contribution is -2.44. The largest absolute Gasteiger partial charge is 0.496 e. The first-order valence-electron chi connectivity index (χ1n) is 8.19. The summed E-state index contributed by atoms with van der Waals surface area (Å²) in [5.41, 5.74) is 1.72. The summed E-state index contributed by atoms with van der Waals surface area (Å²) in [7, 11) is -0.494. The van der Waals surface area contributed by atoms with Crippen LogP contribution in [0.4, 0.5) is 5.69 Å². The van der Waals surface area contributed by atoms with Crippen molar-refractivity contribution >= 4 is 18.3 Å². The molecule has 0 saturated carbocycles. The number of nitrogens with one attached hydrogen (secondary N) is 1. The fraction of sp³-hybridized carbons (Fsp3) is 0.588. The lowest BCUT2D eigenvalue weighted by atomic mass is 9.76. The van der Waals surface area contributed by atoms with Crippen LogP contribution in [0.15, 0.2) is 18.2 Å². The smallest absolute Gasteiger partial charge is 0.399 e. The number of rotatable bonds is 2. The predicted octanol–water partition coefficient (Wildman–Crippen LogP) is 1.27. The molecule has 2 aliphatic rings. The first kappa shape index (κ1) is 16.3. The molecular weight excluding hydrogens is 289 g/mol. The summed E-state index contributed by atoms with van der Waals surface area (Å²) in [4.78, 5) is 2.30. The third kappa shape index (κ3) is 2.97. The van der Waals surface area contributed by atoms with Crippen LogP contribution < -0.4 is 15.7 Å². The molecule has 0 atom stereocenters. The topological polar surface area (TPSA) is 57.5 Å². The molecule has 1 aromatic rings. The highest BCUT2D eigenvalue weighted by molar-refractivity contribution is 6.62. The van der Waals surface area contributed by atoms with Gasteiger partial charge in [-0.1, -0.05) is 6.07 Å². The average Bonchev–Trinajstić information content (AvgIpc) is 2.75. The van der Waals surface area contributed by atoms with Crippen LogP contribution in [0.25, 0.3) is 0 Å². The molecule has 122 valence electrons. The summed E-state index contributed by atoms with van der Waals surface area (Å²) in [6, 6.07) is 8.29. The Morgan fingerprint density at radius 3 is 2.30 bits per heavy atom. The van der Waals surface area contributed by atoms with Gasteiger partial charge >= 0.3 is 7.12 Å². The van der Waals surface area contributed by atoms with E-state index in [1.165, 1.54) is 0 Å². The molecule has 0 spiro atoms. The molecule has 0 aliphatic carbocycles. The molecule has 1 N–H and O–H groups in total. The zero-order valence-electron chi connectivity index (χ0n) is 14.3. The highest BCUT2D eigenvalue weighted by atomic mass is 16.7. The van der Waals surface area contributed by atoms with E-state index in [9.17, 15) is 5.26 Å². The predicted molar refractivity (Wildman–Crippen MR) is 92.0 cm³/mol. The quantitative estimate of drug-likeness (QED) is 0.833. The Labute approximate surface area is 138 Å². The molecule has 0 aromatic heterocycles. The van der Waals surface area contributed by atoms with E-state index in [0.29, 0.717) is 5.56 Å². The number of hydrogen-bond donors (Lipinski definition) is 1. The minimum atomic E-state index is -0.494. The van der Waals surface area contributed by atoms with Crippen molar-refractivity contribution in [3.8, 4) is 6.07 Å². The van der Waals surface area contributed by atoms with Gasteiger partial charge in [-0.05, 0) is 39.8 Å². The van der Waals surface area contributed by atoms with Gasteiger partial charge in [0.2, 0.25) is 0 Å². The SMILES string of the molecule is CC1(C)OB(c2ccc(N3CCNCC3)cc2C#N)OC1(C)C. The monoisotopic (exact) mass is 313 g/mol. The maximum absolute atomic E-state index is 9.57. The lowest BCUT2D eigenvalue weighted by Gasteiger charge is -2.32. The average molecular weight is 313 g/mol. The van der Waals surface area contributed by atoms with Gasteiger partial charge in [-0.25, -0.2) is 0 Å². The van der Waals surface area contributed by atoms with Gasteiger partial charge in [-0.2, -0.15) is 5.26 Å². The Bertz CT molecular complexity index is 617. The Kier molecular flexibility index (Phi) is 4.13. The molecule has 3 rings (SSSR count). The third-order valence-electron chi connectivity index (χ3n) is 5.15. The Morgan fingerprint density at radius 2 is 1.74 bits per heavy atom. The second-order valence-corrected chi connectivity index (χ2v) is 7.21. The molecule has 2 saturated heterocycles. The van der Waals surface area contributed by atoms with Crippen molar-refractivity contribution in [2.75, 3.05) is 31.1 Å². The van der Waals surface area contributed by atoms with Crippen LogP contribution in [0.2, 0.25) is 0 Å². The molecule has 1 aromatic carbocycles. The minimum absolute atomic E-state index is 0.401. The van der Waals surface area contributed by atoms with Gasteiger partial charge in [-0.3, -0.25) is 0 Å². The van der Waals surface area contributed by atoms with E-state index in [0.717, 1.165) is 37.3 Å². The molecule has 2 aliphatic heterocycles. The van der Waals surface area contributed by atoms with Gasteiger partial charge < -0.3 is 19.5 Å². The minimum Gasteiger partial charge on any atom is -0.399 e. The zero-order chi connectivity index (χ0) is 16.7. The van der Waals surface area contributed by atoms with Crippen molar-refractivity contribution in [3.63, 3.8) is 0 Å². The van der Waals surface area contributed by atoms with Gasteiger partial charge in [0, 0.05) is 37.3 Å². The highest BCUT2D eigenvalue weighted by Crippen LogP contribution is 2.36. The van der Waals surface area contributed by atoms with E-state index >= 15 is 0 Å². The molecular formula is C17H24BN3O2. The van der Waals surface area contributed by atoms with E-state index in [-0.39, 0.29) is 0 Å². The van der Waals surface area contributed by atoms with Gasteiger partial charge in [0.1, 0.15) is 0 Å². The van der Waals surface area contributed by atoms with Crippen LogP contribution in [0.1, 0.15) is 33.3 Å². The normalized spacial score (nSPS) is 22.9. The van der Waals surface area contributed by atoms with Crippen LogP contribution in [-0.2, 0) is 9.31 Å². The maximum Gasteiger partial charge on any atom is 0.496 e. The van der Waals surface area contributed by atoms with E-state index in [1.807, 2.05) is 39.8 Å². The van der Waals surface area contributed by atoms with Crippen LogP contribution in [0, 0.1) is 11.3 Å². The molecule has 5 nitrogen and oxygen atoms in total. The highest BCUT2D eigenvalue weighted by Gasteiger charge is 2.52. The first-order chi connectivity index (χ1) is 10.8. The van der Waals surface area contributed by atoms with E-state index < -0.39 is 18.3 Å². The van der Waals surface area contributed by atoms with E-state index in [4.69, 9.17) is 9.31 Å². The Morgan fingerprint density at radius 1 is 1.13 bits per heavy atom. The summed E-state index contributed by atoms with van der Waals surface area (Å²) in [5, 5.41) is 12.9. The number of benzene rings is 1. The van der Waals surface area contributed by atoms with Crippen molar-refractivity contribution in [1.82, 2.24) is 5.32 Å². The van der Waals surface area contributed by atoms with Crippen LogP contribution in [0.5, 0.6) is 0 Å². The number of nitrogens with zero attached hydrogens (tertiary/aromatic N) is 2. The van der Waals surface area contributed by atoms with E-state index in [1.54, 1.807) is 0 Å². The third-order valence-corrected chi connectivity index (χ3v) is 5.15. The number of anilines is 1.